The molecule has 3 aromatic rings. The third-order valence-electron chi connectivity index (χ3n) is 4.71. The van der Waals surface area contributed by atoms with Crippen molar-refractivity contribution >= 4 is 28.4 Å². The monoisotopic (exact) mass is 356 g/mol. The summed E-state index contributed by atoms with van der Waals surface area (Å²) in [5, 5.41) is 24.6. The molecule has 0 aliphatic heterocycles. The van der Waals surface area contributed by atoms with Crippen LogP contribution in [0.2, 0.25) is 5.02 Å². The molecule has 0 radical (unpaired) electrons. The molecule has 5 nitrogen and oxygen atoms in total. The second-order valence-electron chi connectivity index (χ2n) is 6.38. The molecule has 1 aliphatic rings. The second-order valence-corrected chi connectivity index (χ2v) is 6.82. The molecule has 1 amide bonds. The van der Waals surface area contributed by atoms with Crippen LogP contribution in [0.1, 0.15) is 21.6 Å². The molecule has 4 N–H and O–H groups in total. The van der Waals surface area contributed by atoms with Gasteiger partial charge in [0, 0.05) is 22.3 Å². The first-order chi connectivity index (χ1) is 12.0. The Hall–Kier alpha value is -2.50. The molecule has 6 heteroatoms. The Labute approximate surface area is 149 Å². The van der Waals surface area contributed by atoms with E-state index in [1.54, 1.807) is 30.3 Å². The van der Waals surface area contributed by atoms with Crippen LogP contribution in [-0.4, -0.2) is 33.3 Å². The molecule has 2 atom stereocenters. The van der Waals surface area contributed by atoms with Gasteiger partial charge in [-0.25, -0.2) is 0 Å². The summed E-state index contributed by atoms with van der Waals surface area (Å²) >= 11 is 5.97. The zero-order valence-corrected chi connectivity index (χ0v) is 14.0. The quantitative estimate of drug-likeness (QED) is 0.569. The van der Waals surface area contributed by atoms with Gasteiger partial charge >= 0.3 is 0 Å². The highest BCUT2D eigenvalue weighted by Crippen LogP contribution is 2.29. The number of benzene rings is 2. The number of amides is 1. The summed E-state index contributed by atoms with van der Waals surface area (Å²) in [6, 6.07) is 12.0. The Morgan fingerprint density at radius 3 is 2.88 bits per heavy atom. The number of phenols is 1. The van der Waals surface area contributed by atoms with E-state index in [4.69, 9.17) is 11.6 Å². The topological polar surface area (TPSA) is 85.3 Å². The summed E-state index contributed by atoms with van der Waals surface area (Å²) in [4.78, 5) is 15.6. The van der Waals surface area contributed by atoms with Gasteiger partial charge in [-0.3, -0.25) is 4.79 Å². The largest absolute Gasteiger partial charge is 0.508 e. The Kier molecular flexibility index (Phi) is 3.90. The molecule has 2 aromatic carbocycles. The number of fused-ring (bicyclic) bond motifs is 2. The van der Waals surface area contributed by atoms with Crippen molar-refractivity contribution in [2.75, 3.05) is 0 Å². The number of H-pyrrole nitrogens is 1. The van der Waals surface area contributed by atoms with Crippen molar-refractivity contribution in [2.24, 2.45) is 0 Å². The number of nitrogens with one attached hydrogen (secondary N) is 2. The van der Waals surface area contributed by atoms with Gasteiger partial charge in [-0.1, -0.05) is 23.7 Å². The van der Waals surface area contributed by atoms with E-state index in [1.807, 2.05) is 12.1 Å². The van der Waals surface area contributed by atoms with Crippen LogP contribution >= 0.6 is 11.6 Å². The first-order valence-corrected chi connectivity index (χ1v) is 8.46. The smallest absolute Gasteiger partial charge is 0.268 e. The zero-order valence-electron chi connectivity index (χ0n) is 13.3. The van der Waals surface area contributed by atoms with Gasteiger partial charge in [0.1, 0.15) is 11.4 Å². The van der Waals surface area contributed by atoms with E-state index in [9.17, 15) is 15.0 Å². The number of halogens is 1. The number of aromatic hydroxyl groups is 1. The van der Waals surface area contributed by atoms with E-state index < -0.39 is 12.1 Å². The van der Waals surface area contributed by atoms with Crippen LogP contribution in [0.3, 0.4) is 0 Å². The lowest BCUT2D eigenvalue weighted by Gasteiger charge is -2.30. The van der Waals surface area contributed by atoms with E-state index in [0.29, 0.717) is 23.6 Å². The molecule has 0 bridgehead atoms. The van der Waals surface area contributed by atoms with Gasteiger partial charge in [0.2, 0.25) is 0 Å². The van der Waals surface area contributed by atoms with Crippen LogP contribution in [0.25, 0.3) is 10.9 Å². The fourth-order valence-electron chi connectivity index (χ4n) is 3.39. The normalized spacial score (nSPS) is 19.6. The van der Waals surface area contributed by atoms with E-state index in [2.05, 4.69) is 10.3 Å². The predicted octanol–water partition coefficient (Wildman–Crippen LogP) is 2.79. The third-order valence-corrected chi connectivity index (χ3v) is 4.94. The summed E-state index contributed by atoms with van der Waals surface area (Å²) in [6.07, 6.45) is 0.0430. The second kappa shape index (κ2) is 6.10. The molecule has 1 aliphatic carbocycles. The van der Waals surface area contributed by atoms with E-state index in [0.717, 1.165) is 22.0 Å². The van der Waals surface area contributed by atoms with Crippen molar-refractivity contribution in [2.45, 2.75) is 25.0 Å². The van der Waals surface area contributed by atoms with Crippen molar-refractivity contribution < 1.29 is 15.0 Å². The van der Waals surface area contributed by atoms with Crippen molar-refractivity contribution in [1.29, 1.82) is 0 Å². The van der Waals surface area contributed by atoms with Crippen LogP contribution in [0.15, 0.2) is 42.5 Å². The lowest BCUT2D eigenvalue weighted by molar-refractivity contribution is 0.0809. The Bertz CT molecular complexity index is 966. The molecule has 1 heterocycles. The first kappa shape index (κ1) is 16.0. The molecule has 4 rings (SSSR count). The van der Waals surface area contributed by atoms with Crippen LogP contribution < -0.4 is 5.32 Å². The van der Waals surface area contributed by atoms with Gasteiger partial charge in [0.25, 0.3) is 5.91 Å². The molecular formula is C19H17ClN2O3. The summed E-state index contributed by atoms with van der Waals surface area (Å²) in [6.45, 7) is 0. The number of carbonyl (C=O) groups excluding carboxylic acids is 1. The van der Waals surface area contributed by atoms with E-state index in [1.165, 1.54) is 0 Å². The third kappa shape index (κ3) is 2.97. The molecule has 0 spiro atoms. The Morgan fingerprint density at radius 2 is 2.04 bits per heavy atom. The minimum absolute atomic E-state index is 0.189. The average Bonchev–Trinajstić information content (AvgIpc) is 3.00. The number of aliphatic hydroxyl groups is 1. The Morgan fingerprint density at radius 1 is 1.20 bits per heavy atom. The zero-order chi connectivity index (χ0) is 17.6. The standard InChI is InChI=1S/C19H17ClN2O3/c20-12-4-5-14-11(6-12)8-16(21-14)19(25)22-15-7-10-2-1-3-17(23)13(10)9-18(15)24/h1-6,8,15,18,21,23-24H,7,9H2,(H,22,25)/t15-,18+/m0/s1. The number of carbonyl (C=O) groups is 1. The van der Waals surface area contributed by atoms with Crippen LogP contribution in [0.4, 0.5) is 0 Å². The minimum Gasteiger partial charge on any atom is -0.508 e. The Balaban J connectivity index is 1.55. The highest BCUT2D eigenvalue weighted by Gasteiger charge is 2.30. The van der Waals surface area contributed by atoms with Crippen molar-refractivity contribution in [3.05, 3.63) is 64.3 Å². The summed E-state index contributed by atoms with van der Waals surface area (Å²) in [5.74, 6) is -0.0891. The van der Waals surface area contributed by atoms with Gasteiger partial charge in [-0.05, 0) is 47.9 Å². The highest BCUT2D eigenvalue weighted by atomic mass is 35.5. The minimum atomic E-state index is -0.747. The predicted molar refractivity (Wildman–Crippen MR) is 96.1 cm³/mol. The highest BCUT2D eigenvalue weighted by molar-refractivity contribution is 6.31. The maximum atomic E-state index is 12.6. The van der Waals surface area contributed by atoms with Crippen LogP contribution in [0.5, 0.6) is 5.75 Å². The maximum Gasteiger partial charge on any atom is 0.268 e. The number of hydrogen-bond acceptors (Lipinski definition) is 3. The van der Waals surface area contributed by atoms with E-state index >= 15 is 0 Å². The van der Waals surface area contributed by atoms with Crippen LogP contribution in [-0.2, 0) is 12.8 Å². The lowest BCUT2D eigenvalue weighted by Crippen LogP contribution is -2.48. The molecule has 128 valence electrons. The molecule has 0 saturated heterocycles. The summed E-state index contributed by atoms with van der Waals surface area (Å²) in [5.41, 5.74) is 2.94. The van der Waals surface area contributed by atoms with Gasteiger partial charge < -0.3 is 20.5 Å². The number of aromatic nitrogens is 1. The van der Waals surface area contributed by atoms with Crippen molar-refractivity contribution in [3.8, 4) is 5.75 Å². The SMILES string of the molecule is O=C(N[C@H]1Cc2cccc(O)c2C[C@H]1O)c1cc2cc(Cl)ccc2[nH]1. The number of phenolic OH excluding ortho intramolecular Hbond substituents is 1. The van der Waals surface area contributed by atoms with Crippen molar-refractivity contribution in [1.82, 2.24) is 10.3 Å². The fourth-order valence-corrected chi connectivity index (χ4v) is 3.57. The summed E-state index contributed by atoms with van der Waals surface area (Å²) < 4.78 is 0. The van der Waals surface area contributed by atoms with Gasteiger partial charge in [0.05, 0.1) is 12.1 Å². The van der Waals surface area contributed by atoms with Gasteiger partial charge in [-0.15, -0.1) is 0 Å². The van der Waals surface area contributed by atoms with Crippen molar-refractivity contribution in [3.63, 3.8) is 0 Å². The average molecular weight is 357 g/mol. The molecule has 25 heavy (non-hydrogen) atoms. The molecule has 0 unspecified atom stereocenters. The summed E-state index contributed by atoms with van der Waals surface area (Å²) in [7, 11) is 0. The fraction of sp³-hybridized carbons (Fsp3) is 0.211. The number of hydrogen-bond donors (Lipinski definition) is 4. The molecule has 0 saturated carbocycles. The molecular weight excluding hydrogens is 340 g/mol. The molecule has 1 aromatic heterocycles. The number of rotatable bonds is 2. The number of aliphatic hydroxyl groups excluding tert-OH is 1. The molecule has 0 fully saturated rings. The first-order valence-electron chi connectivity index (χ1n) is 8.08. The van der Waals surface area contributed by atoms with Gasteiger partial charge in [0.15, 0.2) is 0 Å². The number of aromatic amines is 1. The maximum absolute atomic E-state index is 12.6. The van der Waals surface area contributed by atoms with Gasteiger partial charge in [-0.2, -0.15) is 0 Å². The van der Waals surface area contributed by atoms with E-state index in [-0.39, 0.29) is 11.7 Å². The van der Waals surface area contributed by atoms with Crippen LogP contribution in [0, 0.1) is 0 Å². The lowest BCUT2D eigenvalue weighted by atomic mass is 9.85.